The number of piperazine rings is 1. The molecule has 1 saturated heterocycles. The number of rotatable bonds is 2. The molecular formula is C10H12N4OS. The van der Waals surface area contributed by atoms with Crippen LogP contribution in [0.4, 0.5) is 5.82 Å². The first kappa shape index (κ1) is 10.8. The van der Waals surface area contributed by atoms with Crippen molar-refractivity contribution in [2.75, 3.05) is 24.5 Å². The van der Waals surface area contributed by atoms with E-state index in [4.69, 9.17) is 18.0 Å². The van der Waals surface area contributed by atoms with Crippen molar-refractivity contribution in [1.29, 1.82) is 0 Å². The third kappa shape index (κ3) is 2.11. The van der Waals surface area contributed by atoms with Crippen molar-refractivity contribution in [2.24, 2.45) is 5.73 Å². The molecule has 2 rings (SSSR count). The molecule has 2 heterocycles. The van der Waals surface area contributed by atoms with Gasteiger partial charge in [-0.05, 0) is 12.1 Å². The Balaban J connectivity index is 2.32. The highest BCUT2D eigenvalue weighted by Gasteiger charge is 2.20. The largest absolute Gasteiger partial charge is 0.389 e. The zero-order valence-electron chi connectivity index (χ0n) is 8.64. The second-order valence-corrected chi connectivity index (χ2v) is 3.95. The summed E-state index contributed by atoms with van der Waals surface area (Å²) in [6.45, 7) is 1.64. The van der Waals surface area contributed by atoms with E-state index >= 15 is 0 Å². The van der Waals surface area contributed by atoms with E-state index in [-0.39, 0.29) is 5.91 Å². The minimum Gasteiger partial charge on any atom is -0.389 e. The molecule has 1 aliphatic rings. The van der Waals surface area contributed by atoms with E-state index in [0.717, 1.165) is 6.54 Å². The maximum Gasteiger partial charge on any atom is 0.239 e. The molecule has 1 aromatic heterocycles. The van der Waals surface area contributed by atoms with Crippen molar-refractivity contribution >= 4 is 28.9 Å². The third-order valence-corrected chi connectivity index (χ3v) is 2.61. The Morgan fingerprint density at radius 3 is 3.12 bits per heavy atom. The van der Waals surface area contributed by atoms with Crippen molar-refractivity contribution in [2.45, 2.75) is 0 Å². The Morgan fingerprint density at radius 2 is 2.44 bits per heavy atom. The molecule has 6 heteroatoms. The van der Waals surface area contributed by atoms with E-state index in [0.29, 0.717) is 29.5 Å². The molecule has 0 spiro atoms. The van der Waals surface area contributed by atoms with Gasteiger partial charge in [0.25, 0.3) is 0 Å². The van der Waals surface area contributed by atoms with Gasteiger partial charge in [-0.2, -0.15) is 0 Å². The SMILES string of the molecule is NC(=S)c1cccnc1N1CCNC(=O)C1. The quantitative estimate of drug-likeness (QED) is 0.687. The summed E-state index contributed by atoms with van der Waals surface area (Å²) in [6.07, 6.45) is 1.67. The number of nitrogens with two attached hydrogens (primary N) is 1. The Kier molecular flexibility index (Phi) is 3.00. The number of carbonyl (C=O) groups excluding carboxylic acids is 1. The number of nitrogens with one attached hydrogen (secondary N) is 1. The van der Waals surface area contributed by atoms with Gasteiger partial charge >= 0.3 is 0 Å². The van der Waals surface area contributed by atoms with Gasteiger partial charge in [-0.1, -0.05) is 12.2 Å². The number of aromatic nitrogens is 1. The van der Waals surface area contributed by atoms with Crippen LogP contribution in [0.3, 0.4) is 0 Å². The first-order valence-electron chi connectivity index (χ1n) is 4.95. The summed E-state index contributed by atoms with van der Waals surface area (Å²) < 4.78 is 0. The van der Waals surface area contributed by atoms with Gasteiger partial charge in [0.2, 0.25) is 5.91 Å². The number of hydrogen-bond donors (Lipinski definition) is 2. The van der Waals surface area contributed by atoms with Gasteiger partial charge in [-0.25, -0.2) is 4.98 Å². The molecule has 16 heavy (non-hydrogen) atoms. The lowest BCUT2D eigenvalue weighted by Crippen LogP contribution is -2.48. The highest BCUT2D eigenvalue weighted by molar-refractivity contribution is 7.80. The average molecular weight is 236 g/mol. The number of nitrogens with zero attached hydrogens (tertiary/aromatic N) is 2. The molecule has 0 aromatic carbocycles. The summed E-state index contributed by atoms with van der Waals surface area (Å²) >= 11 is 4.96. The van der Waals surface area contributed by atoms with Crippen LogP contribution in [0, 0.1) is 0 Å². The summed E-state index contributed by atoms with van der Waals surface area (Å²) in [7, 11) is 0. The van der Waals surface area contributed by atoms with Crippen molar-refractivity contribution in [1.82, 2.24) is 10.3 Å². The maximum absolute atomic E-state index is 11.3. The average Bonchev–Trinajstić information content (AvgIpc) is 2.29. The first-order chi connectivity index (χ1) is 7.68. The first-order valence-corrected chi connectivity index (χ1v) is 5.36. The fourth-order valence-corrected chi connectivity index (χ4v) is 1.82. The minimum atomic E-state index is -0.00853. The van der Waals surface area contributed by atoms with Crippen LogP contribution in [0.15, 0.2) is 18.3 Å². The molecule has 84 valence electrons. The molecule has 3 N–H and O–H groups in total. The number of anilines is 1. The van der Waals surface area contributed by atoms with Gasteiger partial charge in [0.1, 0.15) is 10.8 Å². The standard InChI is InChI=1S/C10H12N4OS/c11-9(16)7-2-1-3-13-10(7)14-5-4-12-8(15)6-14/h1-3H,4-6H2,(H2,11,16)(H,12,15). The van der Waals surface area contributed by atoms with Gasteiger partial charge < -0.3 is 16.0 Å². The lowest BCUT2D eigenvalue weighted by Gasteiger charge is -2.28. The fraction of sp³-hybridized carbons (Fsp3) is 0.300. The number of carbonyl (C=O) groups is 1. The third-order valence-electron chi connectivity index (χ3n) is 2.39. The van der Waals surface area contributed by atoms with Gasteiger partial charge in [-0.3, -0.25) is 4.79 Å². The molecule has 1 amide bonds. The molecule has 1 aliphatic heterocycles. The molecule has 0 atom stereocenters. The van der Waals surface area contributed by atoms with Crippen molar-refractivity contribution in [3.63, 3.8) is 0 Å². The summed E-state index contributed by atoms with van der Waals surface area (Å²) in [6, 6.07) is 3.60. The lowest BCUT2D eigenvalue weighted by atomic mass is 10.2. The van der Waals surface area contributed by atoms with Crippen molar-refractivity contribution in [3.8, 4) is 0 Å². The Labute approximate surface area is 98.6 Å². The van der Waals surface area contributed by atoms with Crippen LogP contribution in [0.2, 0.25) is 0 Å². The van der Waals surface area contributed by atoms with Crippen LogP contribution in [-0.4, -0.2) is 35.5 Å². The lowest BCUT2D eigenvalue weighted by molar-refractivity contribution is -0.120. The molecule has 5 nitrogen and oxygen atoms in total. The summed E-state index contributed by atoms with van der Waals surface area (Å²) in [4.78, 5) is 17.7. The second-order valence-electron chi connectivity index (χ2n) is 3.51. The topological polar surface area (TPSA) is 71.2 Å². The van der Waals surface area contributed by atoms with E-state index in [1.54, 1.807) is 12.3 Å². The minimum absolute atomic E-state index is 0.00853. The molecule has 0 saturated carbocycles. The normalized spacial score (nSPS) is 15.8. The molecule has 1 fully saturated rings. The molecule has 0 unspecified atom stereocenters. The predicted molar refractivity (Wildman–Crippen MR) is 65.3 cm³/mol. The van der Waals surface area contributed by atoms with E-state index in [9.17, 15) is 4.79 Å². The van der Waals surface area contributed by atoms with E-state index in [1.807, 2.05) is 11.0 Å². The Bertz CT molecular complexity index is 435. The summed E-state index contributed by atoms with van der Waals surface area (Å²) in [5, 5.41) is 2.76. The molecular weight excluding hydrogens is 224 g/mol. The summed E-state index contributed by atoms with van der Waals surface area (Å²) in [5.41, 5.74) is 6.34. The van der Waals surface area contributed by atoms with Crippen LogP contribution < -0.4 is 16.0 Å². The van der Waals surface area contributed by atoms with Crippen LogP contribution >= 0.6 is 12.2 Å². The zero-order chi connectivity index (χ0) is 11.5. The highest BCUT2D eigenvalue weighted by atomic mass is 32.1. The number of hydrogen-bond acceptors (Lipinski definition) is 4. The van der Waals surface area contributed by atoms with Gasteiger partial charge in [-0.15, -0.1) is 0 Å². The van der Waals surface area contributed by atoms with Gasteiger partial charge in [0, 0.05) is 19.3 Å². The number of amides is 1. The molecule has 0 aliphatic carbocycles. The second kappa shape index (κ2) is 4.44. The molecule has 0 radical (unpaired) electrons. The zero-order valence-corrected chi connectivity index (χ0v) is 9.46. The van der Waals surface area contributed by atoms with E-state index in [2.05, 4.69) is 10.3 Å². The predicted octanol–water partition coefficient (Wildman–Crippen LogP) is -0.348. The van der Waals surface area contributed by atoms with E-state index in [1.165, 1.54) is 0 Å². The van der Waals surface area contributed by atoms with Crippen LogP contribution in [0.1, 0.15) is 5.56 Å². The van der Waals surface area contributed by atoms with Gasteiger partial charge in [0.15, 0.2) is 0 Å². The van der Waals surface area contributed by atoms with Gasteiger partial charge in [0.05, 0.1) is 12.1 Å². The van der Waals surface area contributed by atoms with Crippen molar-refractivity contribution < 1.29 is 4.79 Å². The highest BCUT2D eigenvalue weighted by Crippen LogP contribution is 2.17. The number of thiocarbonyl (C=S) groups is 1. The smallest absolute Gasteiger partial charge is 0.239 e. The van der Waals surface area contributed by atoms with Crippen LogP contribution in [0.5, 0.6) is 0 Å². The van der Waals surface area contributed by atoms with Crippen molar-refractivity contribution in [3.05, 3.63) is 23.9 Å². The Hall–Kier alpha value is -1.69. The van der Waals surface area contributed by atoms with Crippen LogP contribution in [-0.2, 0) is 4.79 Å². The molecule has 0 bridgehead atoms. The van der Waals surface area contributed by atoms with Crippen LogP contribution in [0.25, 0.3) is 0 Å². The fourth-order valence-electron chi connectivity index (χ4n) is 1.66. The number of pyridine rings is 1. The van der Waals surface area contributed by atoms with E-state index < -0.39 is 0 Å². The Morgan fingerprint density at radius 1 is 1.62 bits per heavy atom. The summed E-state index contributed by atoms with van der Waals surface area (Å²) in [5.74, 6) is 0.677. The monoisotopic (exact) mass is 236 g/mol. The molecule has 1 aromatic rings. The maximum atomic E-state index is 11.3.